The van der Waals surface area contributed by atoms with E-state index in [9.17, 15) is 4.79 Å². The lowest BCUT2D eigenvalue weighted by atomic mass is 9.44. The zero-order chi connectivity index (χ0) is 17.2. The highest BCUT2D eigenvalue weighted by molar-refractivity contribution is 6.48. The molecule has 0 saturated heterocycles. The Balaban J connectivity index is 1.68. The highest BCUT2D eigenvalue weighted by atomic mass is 28.3. The number of fused-ring (bicyclic) bond motifs is 5. The molecule has 0 N–H and O–H groups in total. The van der Waals surface area contributed by atoms with Gasteiger partial charge in [-0.3, -0.25) is 4.79 Å². The van der Waals surface area contributed by atoms with Crippen molar-refractivity contribution < 1.29 is 9.22 Å². The number of carbonyl (C=O) groups excluding carboxylic acids is 1. The normalized spacial score (nSPS) is 51.2. The summed E-state index contributed by atoms with van der Waals surface area (Å²) in [6, 6.07) is 0. The van der Waals surface area contributed by atoms with Crippen LogP contribution in [0.4, 0.5) is 0 Å². The predicted octanol–water partition coefficient (Wildman–Crippen LogP) is 5.38. The second-order valence-corrected chi connectivity index (χ2v) is 12.0. The molecule has 0 aromatic carbocycles. The second kappa shape index (κ2) is 5.67. The fourth-order valence-electron chi connectivity index (χ4n) is 7.61. The Hall–Kier alpha value is -0.153. The summed E-state index contributed by atoms with van der Waals surface area (Å²) in [6.45, 7) is 9.50. The average molecular weight is 348 g/mol. The van der Waals surface area contributed by atoms with Gasteiger partial charge >= 0.3 is 0 Å². The molecule has 3 heteroatoms. The van der Waals surface area contributed by atoms with Crippen LogP contribution in [0, 0.1) is 28.6 Å². The highest BCUT2D eigenvalue weighted by Crippen LogP contribution is 2.67. The Morgan fingerprint density at radius 3 is 2.46 bits per heavy atom. The van der Waals surface area contributed by atoms with Crippen molar-refractivity contribution in [2.75, 3.05) is 0 Å². The van der Waals surface area contributed by atoms with Crippen LogP contribution in [0.15, 0.2) is 0 Å². The maximum Gasteiger partial charge on any atom is 0.205 e. The third-order valence-electron chi connectivity index (χ3n) is 8.81. The van der Waals surface area contributed by atoms with Crippen molar-refractivity contribution in [2.45, 2.75) is 96.8 Å². The number of Topliss-reactive ketones (excluding diaryl/α,β-unsaturated/α-hetero) is 1. The molecule has 4 rings (SSSR count). The van der Waals surface area contributed by atoms with Crippen molar-refractivity contribution >= 4 is 14.8 Å². The molecule has 0 aliphatic heterocycles. The van der Waals surface area contributed by atoms with E-state index in [1.54, 1.807) is 0 Å². The molecule has 1 radical (unpaired) electrons. The zero-order valence-corrected chi connectivity index (χ0v) is 17.1. The molecule has 0 heterocycles. The quantitative estimate of drug-likeness (QED) is 0.627. The van der Waals surface area contributed by atoms with Crippen molar-refractivity contribution in [3.8, 4) is 0 Å². The van der Waals surface area contributed by atoms with E-state index < -0.39 is 9.04 Å². The summed E-state index contributed by atoms with van der Waals surface area (Å²) < 4.78 is 6.83. The lowest BCUT2D eigenvalue weighted by Gasteiger charge is -2.65. The Morgan fingerprint density at radius 2 is 1.71 bits per heavy atom. The molecule has 2 nitrogen and oxygen atoms in total. The maximum absolute atomic E-state index is 12.6. The molecule has 0 aromatic rings. The van der Waals surface area contributed by atoms with E-state index >= 15 is 0 Å². The van der Waals surface area contributed by atoms with Gasteiger partial charge in [-0.05, 0) is 81.2 Å². The fraction of sp³-hybridized carbons (Fsp3) is 0.952. The molecule has 0 unspecified atom stereocenters. The Kier molecular flexibility index (Phi) is 4.08. The third-order valence-corrected chi connectivity index (χ3v) is 9.61. The van der Waals surface area contributed by atoms with Gasteiger partial charge in [0, 0.05) is 11.8 Å². The second-order valence-electron chi connectivity index (χ2n) is 9.96. The minimum absolute atomic E-state index is 0.0114. The van der Waals surface area contributed by atoms with Crippen molar-refractivity contribution in [2.24, 2.45) is 28.6 Å². The standard InChI is InChI=1S/C21H35O2Si/c1-19-13-10-17-15(16(19)7-8-18(19)22)9-14-21(23-24(3)4)12-6-5-11-20(17,21)2/h15-17H,5-14H2,1-4H3/t15-,16-,17-,19-,20+,21-/m0/s1. The molecule has 6 atom stereocenters. The van der Waals surface area contributed by atoms with Crippen molar-refractivity contribution in [1.29, 1.82) is 0 Å². The molecule has 0 bridgehead atoms. The van der Waals surface area contributed by atoms with Gasteiger partial charge in [-0.2, -0.15) is 0 Å². The van der Waals surface area contributed by atoms with E-state index in [2.05, 4.69) is 26.9 Å². The van der Waals surface area contributed by atoms with Crippen LogP contribution in [0.1, 0.15) is 78.1 Å². The number of carbonyl (C=O) groups is 1. The summed E-state index contributed by atoms with van der Waals surface area (Å²) >= 11 is 0. The van der Waals surface area contributed by atoms with Crippen LogP contribution in [-0.2, 0) is 9.22 Å². The van der Waals surface area contributed by atoms with Crippen molar-refractivity contribution in [1.82, 2.24) is 0 Å². The van der Waals surface area contributed by atoms with E-state index in [1.807, 2.05) is 0 Å². The van der Waals surface area contributed by atoms with E-state index in [0.717, 1.165) is 31.1 Å². The van der Waals surface area contributed by atoms with Crippen molar-refractivity contribution in [3.05, 3.63) is 0 Å². The molecule has 4 fully saturated rings. The molecular weight excluding hydrogens is 312 g/mol. The Bertz CT molecular complexity index is 532. The largest absolute Gasteiger partial charge is 0.411 e. The predicted molar refractivity (Wildman–Crippen MR) is 99.2 cm³/mol. The smallest absolute Gasteiger partial charge is 0.205 e. The van der Waals surface area contributed by atoms with Crippen LogP contribution in [0.25, 0.3) is 0 Å². The molecule has 0 aromatic heterocycles. The lowest BCUT2D eigenvalue weighted by molar-refractivity contribution is -0.191. The molecular formula is C21H35O2Si. The van der Waals surface area contributed by atoms with E-state index in [1.165, 1.54) is 44.9 Å². The summed E-state index contributed by atoms with van der Waals surface area (Å²) in [5.74, 6) is 2.80. The molecule has 24 heavy (non-hydrogen) atoms. The highest BCUT2D eigenvalue weighted by Gasteiger charge is 2.64. The van der Waals surface area contributed by atoms with Gasteiger partial charge in [-0.1, -0.05) is 26.7 Å². The summed E-state index contributed by atoms with van der Waals surface area (Å²) in [5, 5.41) is 0. The molecule has 0 amide bonds. The third kappa shape index (κ3) is 2.19. The van der Waals surface area contributed by atoms with Gasteiger partial charge in [0.1, 0.15) is 5.78 Å². The van der Waals surface area contributed by atoms with Crippen LogP contribution < -0.4 is 0 Å². The SMILES string of the molecule is C[Si](C)O[C@]12CCCC[C@]1(C)[C@H]1CC[C@]3(C)C(=O)CC[C@H]3[C@@H]1CC2. The van der Waals surface area contributed by atoms with Crippen molar-refractivity contribution in [3.63, 3.8) is 0 Å². The maximum atomic E-state index is 12.6. The first-order chi connectivity index (χ1) is 11.3. The summed E-state index contributed by atoms with van der Waals surface area (Å²) in [4.78, 5) is 12.6. The Labute approximate surface area is 149 Å². The first kappa shape index (κ1) is 17.3. The monoisotopic (exact) mass is 347 g/mol. The van der Waals surface area contributed by atoms with Crippen LogP contribution in [0.3, 0.4) is 0 Å². The summed E-state index contributed by atoms with van der Waals surface area (Å²) in [7, 11) is -0.678. The Morgan fingerprint density at radius 1 is 0.958 bits per heavy atom. The zero-order valence-electron chi connectivity index (χ0n) is 16.1. The fourth-order valence-corrected chi connectivity index (χ4v) is 8.83. The minimum Gasteiger partial charge on any atom is -0.411 e. The number of hydrogen-bond acceptors (Lipinski definition) is 2. The minimum atomic E-state index is -0.678. The van der Waals surface area contributed by atoms with Gasteiger partial charge < -0.3 is 4.43 Å². The molecule has 135 valence electrons. The number of hydrogen-bond donors (Lipinski definition) is 0. The van der Waals surface area contributed by atoms with Crippen LogP contribution in [0.5, 0.6) is 0 Å². The van der Waals surface area contributed by atoms with Gasteiger partial charge in [0.2, 0.25) is 9.04 Å². The van der Waals surface area contributed by atoms with E-state index in [0.29, 0.717) is 17.1 Å². The molecule has 4 saturated carbocycles. The van der Waals surface area contributed by atoms with Gasteiger partial charge in [0.15, 0.2) is 0 Å². The summed E-state index contributed by atoms with van der Waals surface area (Å²) in [6.07, 6.45) is 12.3. The topological polar surface area (TPSA) is 26.3 Å². The molecule has 0 spiro atoms. The molecule has 4 aliphatic carbocycles. The van der Waals surface area contributed by atoms with Crippen LogP contribution >= 0.6 is 0 Å². The first-order valence-electron chi connectivity index (χ1n) is 10.3. The van der Waals surface area contributed by atoms with Gasteiger partial charge in [0.05, 0.1) is 5.60 Å². The van der Waals surface area contributed by atoms with Gasteiger partial charge in [-0.25, -0.2) is 0 Å². The lowest BCUT2D eigenvalue weighted by Crippen LogP contribution is -2.63. The number of rotatable bonds is 2. The first-order valence-corrected chi connectivity index (χ1v) is 12.8. The van der Waals surface area contributed by atoms with E-state index in [-0.39, 0.29) is 11.0 Å². The van der Waals surface area contributed by atoms with Gasteiger partial charge in [-0.15, -0.1) is 0 Å². The van der Waals surface area contributed by atoms with Crippen LogP contribution in [0.2, 0.25) is 13.1 Å². The van der Waals surface area contributed by atoms with Gasteiger partial charge in [0.25, 0.3) is 0 Å². The number of ketones is 1. The van der Waals surface area contributed by atoms with Crippen LogP contribution in [-0.4, -0.2) is 20.4 Å². The molecule has 4 aliphatic rings. The average Bonchev–Trinajstić information content (AvgIpc) is 2.83. The van der Waals surface area contributed by atoms with E-state index in [4.69, 9.17) is 4.43 Å². The summed E-state index contributed by atoms with van der Waals surface area (Å²) in [5.41, 5.74) is 0.515.